The summed E-state index contributed by atoms with van der Waals surface area (Å²) >= 11 is 0. The summed E-state index contributed by atoms with van der Waals surface area (Å²) in [6.07, 6.45) is -2.90. The van der Waals surface area contributed by atoms with Crippen LogP contribution >= 0.6 is 0 Å². The van der Waals surface area contributed by atoms with Crippen molar-refractivity contribution in [2.24, 2.45) is 0 Å². The summed E-state index contributed by atoms with van der Waals surface area (Å²) in [6, 6.07) is 11.0. The van der Waals surface area contributed by atoms with E-state index in [4.69, 9.17) is 47.4 Å². The predicted octanol–water partition coefficient (Wildman–Crippen LogP) is -7.00. The van der Waals surface area contributed by atoms with E-state index < -0.39 is 158 Å². The van der Waals surface area contributed by atoms with Crippen molar-refractivity contribution in [1.82, 2.24) is 61.5 Å². The lowest BCUT2D eigenvalue weighted by Gasteiger charge is -2.22. The Morgan fingerprint density at radius 2 is 0.263 bits per heavy atom. The molecule has 0 heterocycles. The van der Waals surface area contributed by atoms with Crippen LogP contribution in [-0.4, -0.2) is 126 Å². The average molecular weight is 1360 g/mol. The van der Waals surface area contributed by atoms with Crippen molar-refractivity contribution >= 4 is 59.7 Å². The molecule has 0 radical (unpaired) electrons. The maximum absolute atomic E-state index is 11.9. The number of carbonyl (C=O) groups is 10. The van der Waals surface area contributed by atoms with Crippen LogP contribution in [-0.2, 0) is 80.0 Å². The third-order valence-electron chi connectivity index (χ3n) is 11.6. The van der Waals surface area contributed by atoms with Gasteiger partial charge in [0.25, 0.3) is 0 Å². The standard InChI is InChI=1S/C55H50O30.10H3N/c56-46(57)16-76-36-8-28-2-30-10-42(82-22-52(68)69)32(12-40(30)80-20-50(64)65)4-34-14-45(85-25-55(74)75)35(15-44(34)84-24-54(72)73)5-33-13-41(81-21-51(66)67)31(11-43(33)83-23-53(70)71)3-29-9-37(77-17-47(58)59)27(7-39(29)79-19-49(62)63)1-26(36)6-38(28)78-18-48(60)61;;;;;;;;;;/h6-15H,1-5,16-25H2,(H,56,57)(H,58,59)(H,60,61)(H,62,63)(H,64,65)(H,66,67)(H,68,69)(H,70,71)(H,72,73)(H,74,75);10*1H3. The third-order valence-corrected chi connectivity index (χ3v) is 11.6. The van der Waals surface area contributed by atoms with Gasteiger partial charge in [0.1, 0.15) is 124 Å². The third kappa shape index (κ3) is 27.8. The minimum atomic E-state index is -1.80. The van der Waals surface area contributed by atoms with Crippen molar-refractivity contribution in [3.8, 4) is 57.5 Å². The van der Waals surface area contributed by atoms with E-state index in [0.717, 1.165) is 60.7 Å². The Labute approximate surface area is 538 Å². The molecular formula is C55H80N10O30. The first-order valence-corrected chi connectivity index (χ1v) is 24.4. The van der Waals surface area contributed by atoms with E-state index in [9.17, 15) is 99.0 Å². The number of hydrogen-bond acceptors (Lipinski definition) is 30. The number of aliphatic carboxylic acids is 10. The number of ether oxygens (including phenoxy) is 10. The number of carbonyl (C=O) groups excluding carboxylic acids is 10. The van der Waals surface area contributed by atoms with E-state index >= 15 is 0 Å². The zero-order valence-corrected chi connectivity index (χ0v) is 53.6. The van der Waals surface area contributed by atoms with Crippen LogP contribution in [0.4, 0.5) is 0 Å². The molecular weight excluding hydrogens is 1280 g/mol. The molecule has 0 amide bonds. The Bertz CT molecular complexity index is 2740. The fraction of sp³-hybridized carbons (Fsp3) is 0.273. The van der Waals surface area contributed by atoms with E-state index in [0.29, 0.717) is 0 Å². The molecule has 10 bridgehead atoms. The largest absolute Gasteiger partial charge is 0.546 e. The molecule has 530 valence electrons. The summed E-state index contributed by atoms with van der Waals surface area (Å²) < 4.78 is 56.3. The number of quaternary nitrogens is 10. The molecule has 5 aromatic carbocycles. The number of benzene rings is 5. The SMILES string of the molecule is O=C([O-])COc1cc2c(OCC(=O)[O-])cc1Cc1cc(OCC(=O)[O-])c(cc1OCC(=O)[O-])Cc1cc(OCC(=O)[O-])c(cc1OCC(=O)[O-])Cc1cc(OCC(=O)[O-])c(cc1OCC(=O)[O-])Cc1cc(OCC(=O)[O-])c(cc1OCC(=O)[O-])C2.[NH4+].[NH4+].[NH4+].[NH4+].[NH4+].[NH4+].[NH4+].[NH4+].[NH4+].[NH4+]. The minimum Gasteiger partial charge on any atom is -0.546 e. The molecule has 15 rings (SSSR count). The second kappa shape index (κ2) is 42.5. The van der Waals surface area contributed by atoms with Crippen molar-refractivity contribution in [3.63, 3.8) is 0 Å². The van der Waals surface area contributed by atoms with Gasteiger partial charge in [-0.1, -0.05) is 0 Å². The summed E-state index contributed by atoms with van der Waals surface area (Å²) in [7, 11) is 0. The molecule has 0 aliphatic heterocycles. The lowest BCUT2D eigenvalue weighted by Crippen LogP contribution is -2.30. The molecule has 0 aromatic heterocycles. The molecule has 0 atom stereocenters. The first kappa shape index (κ1) is 92.1. The van der Waals surface area contributed by atoms with E-state index in [1.807, 2.05) is 0 Å². The van der Waals surface area contributed by atoms with Gasteiger partial charge in [-0.25, -0.2) is 0 Å². The van der Waals surface area contributed by atoms with E-state index in [1.54, 1.807) is 0 Å². The zero-order chi connectivity index (χ0) is 62.1. The highest BCUT2D eigenvalue weighted by Crippen LogP contribution is 2.43. The van der Waals surface area contributed by atoms with Gasteiger partial charge in [0, 0.05) is 87.7 Å². The molecule has 0 unspecified atom stereocenters. The van der Waals surface area contributed by atoms with Gasteiger partial charge in [-0.05, 0) is 60.7 Å². The van der Waals surface area contributed by atoms with Crippen molar-refractivity contribution in [1.29, 1.82) is 0 Å². The fourth-order valence-corrected chi connectivity index (χ4v) is 8.34. The van der Waals surface area contributed by atoms with Crippen molar-refractivity contribution < 1.29 is 146 Å². The van der Waals surface area contributed by atoms with Gasteiger partial charge < -0.3 is 208 Å². The molecule has 10 aliphatic rings. The number of carboxylic acids is 10. The average Bonchev–Trinajstić information content (AvgIpc) is 0.980. The second-order valence-corrected chi connectivity index (χ2v) is 17.8. The molecule has 10 aliphatic carbocycles. The molecule has 40 nitrogen and oxygen atoms in total. The van der Waals surface area contributed by atoms with Gasteiger partial charge in [-0.2, -0.15) is 0 Å². The lowest BCUT2D eigenvalue weighted by molar-refractivity contribution is -0.308. The summed E-state index contributed by atoms with van der Waals surface area (Å²) in [6.45, 7) is -11.9. The van der Waals surface area contributed by atoms with Crippen molar-refractivity contribution in [3.05, 3.63) is 116 Å². The van der Waals surface area contributed by atoms with Gasteiger partial charge in [0.15, 0.2) is 0 Å². The van der Waals surface area contributed by atoms with Crippen molar-refractivity contribution in [2.45, 2.75) is 32.1 Å². The summed E-state index contributed by atoms with van der Waals surface area (Å²) in [5.41, 5.74) is -1.42. The molecule has 0 saturated heterocycles. The Balaban J connectivity index is -0.00000270. The van der Waals surface area contributed by atoms with Gasteiger partial charge >= 0.3 is 0 Å². The summed E-state index contributed by atoms with van der Waals surface area (Å²) in [4.78, 5) is 119. The number of rotatable bonds is 30. The number of hydrogen-bond donors (Lipinski definition) is 10. The molecule has 5 aromatic rings. The molecule has 0 fully saturated rings. The maximum Gasteiger partial charge on any atom is 0.128 e. The van der Waals surface area contributed by atoms with Crippen LogP contribution in [0.5, 0.6) is 57.5 Å². The maximum atomic E-state index is 11.9. The number of carboxylic acid groups (broad SMARTS) is 10. The topological polar surface area (TPSA) is 859 Å². The van der Waals surface area contributed by atoms with E-state index in [2.05, 4.69) is 0 Å². The van der Waals surface area contributed by atoms with Crippen molar-refractivity contribution in [2.75, 3.05) is 66.1 Å². The molecule has 40 heteroatoms. The molecule has 95 heavy (non-hydrogen) atoms. The van der Waals surface area contributed by atoms with Crippen LogP contribution in [0.15, 0.2) is 60.7 Å². The van der Waals surface area contributed by atoms with Crippen LogP contribution in [0.2, 0.25) is 0 Å². The highest BCUT2D eigenvalue weighted by atomic mass is 16.5. The van der Waals surface area contributed by atoms with Crippen LogP contribution in [0, 0.1) is 0 Å². The van der Waals surface area contributed by atoms with Gasteiger partial charge in [0.2, 0.25) is 0 Å². The zero-order valence-electron chi connectivity index (χ0n) is 53.6. The fourth-order valence-electron chi connectivity index (χ4n) is 8.34. The van der Waals surface area contributed by atoms with Crippen LogP contribution in [0.25, 0.3) is 0 Å². The molecule has 0 saturated carbocycles. The smallest absolute Gasteiger partial charge is 0.128 e. The molecule has 0 spiro atoms. The Morgan fingerprint density at radius 3 is 0.326 bits per heavy atom. The van der Waals surface area contributed by atoms with Gasteiger partial charge in [-0.15, -0.1) is 0 Å². The monoisotopic (exact) mass is 1360 g/mol. The Hall–Kier alpha value is -11.6. The predicted molar refractivity (Wildman–Crippen MR) is 311 cm³/mol. The second-order valence-electron chi connectivity index (χ2n) is 17.8. The summed E-state index contributed by atoms with van der Waals surface area (Å²) in [5, 5.41) is 119. The van der Waals surface area contributed by atoms with Crippen LogP contribution in [0.1, 0.15) is 55.6 Å². The minimum absolute atomic E-state index is 0. The lowest BCUT2D eigenvalue weighted by atomic mass is 9.94. The summed E-state index contributed by atoms with van der Waals surface area (Å²) in [5.74, 6) is -21.8. The van der Waals surface area contributed by atoms with Gasteiger partial charge in [0.05, 0.1) is 59.7 Å². The van der Waals surface area contributed by atoms with Crippen LogP contribution in [0.3, 0.4) is 0 Å². The highest BCUT2D eigenvalue weighted by Gasteiger charge is 2.25. The first-order chi connectivity index (χ1) is 40.3. The van der Waals surface area contributed by atoms with E-state index in [1.165, 1.54) is 0 Å². The van der Waals surface area contributed by atoms with E-state index in [-0.39, 0.29) is 175 Å². The Morgan fingerprint density at radius 1 is 0.189 bits per heavy atom. The van der Waals surface area contributed by atoms with Gasteiger partial charge in [-0.3, -0.25) is 0 Å². The molecule has 40 N–H and O–H groups in total. The van der Waals surface area contributed by atoms with Crippen LogP contribution < -0.4 is 160 Å². The highest BCUT2D eigenvalue weighted by molar-refractivity contribution is 5.72. The quantitative estimate of drug-likeness (QED) is 0.0200. The normalized spacial score (nSPS) is 10.3. The first-order valence-electron chi connectivity index (χ1n) is 24.4. The Kier molecular flexibility index (Phi) is 41.2.